The second kappa shape index (κ2) is 9.34. The van der Waals surface area contributed by atoms with Crippen LogP contribution in [0.1, 0.15) is 35.9 Å². The molecule has 0 unspecified atom stereocenters. The van der Waals surface area contributed by atoms with Gasteiger partial charge >= 0.3 is 0 Å². The highest BCUT2D eigenvalue weighted by atomic mass is 32.2. The molecule has 0 saturated carbocycles. The molecule has 4 rings (SSSR count). The van der Waals surface area contributed by atoms with Crippen molar-refractivity contribution in [2.75, 3.05) is 10.7 Å². The summed E-state index contributed by atoms with van der Waals surface area (Å²) in [4.78, 5) is 34.3. The number of thioether (sulfide) groups is 1. The molecule has 0 radical (unpaired) electrons. The molecule has 6 nitrogen and oxygen atoms in total. The first-order valence-electron chi connectivity index (χ1n) is 10.6. The number of thiophene rings is 1. The van der Waals surface area contributed by atoms with Crippen molar-refractivity contribution < 1.29 is 4.79 Å². The highest BCUT2D eigenvalue weighted by Crippen LogP contribution is 2.31. The van der Waals surface area contributed by atoms with Gasteiger partial charge in [-0.25, -0.2) is 14.6 Å². The second-order valence-electron chi connectivity index (χ2n) is 7.64. The highest BCUT2D eigenvalue weighted by Gasteiger charge is 2.36. The first-order chi connectivity index (χ1) is 15.4. The summed E-state index contributed by atoms with van der Waals surface area (Å²) in [5.74, 6) is 0.575. The Morgan fingerprint density at radius 3 is 2.53 bits per heavy atom. The normalized spacial score (nSPS) is 15.1. The van der Waals surface area contributed by atoms with Crippen LogP contribution in [0.25, 0.3) is 11.8 Å². The number of hydrogen-bond acceptors (Lipinski definition) is 5. The maximum atomic E-state index is 13.6. The van der Waals surface area contributed by atoms with E-state index >= 15 is 0 Å². The van der Waals surface area contributed by atoms with Crippen molar-refractivity contribution in [3.05, 3.63) is 74.0 Å². The Bertz CT molecular complexity index is 1260. The van der Waals surface area contributed by atoms with Gasteiger partial charge in [-0.15, -0.1) is 11.3 Å². The number of carbonyl (C=O) groups is 1. The number of nitrogens with zero attached hydrogens (tertiary/aromatic N) is 4. The third-order valence-corrected chi connectivity index (χ3v) is 7.47. The smallest absolute Gasteiger partial charge is 0.283 e. The molecule has 8 heteroatoms. The van der Waals surface area contributed by atoms with Crippen molar-refractivity contribution in [3.63, 3.8) is 0 Å². The Labute approximate surface area is 195 Å². The van der Waals surface area contributed by atoms with E-state index in [-0.39, 0.29) is 11.5 Å². The first-order valence-corrected chi connectivity index (χ1v) is 12.5. The molecule has 0 N–H and O–H groups in total. The molecule has 1 aliphatic heterocycles. The van der Waals surface area contributed by atoms with Gasteiger partial charge in [0.25, 0.3) is 11.5 Å². The lowest BCUT2D eigenvalue weighted by Gasteiger charge is -2.16. The molecule has 0 bridgehead atoms. The van der Waals surface area contributed by atoms with Crippen molar-refractivity contribution in [2.45, 2.75) is 33.6 Å². The molecular weight excluding hydrogens is 440 g/mol. The molecule has 3 heterocycles. The van der Waals surface area contributed by atoms with Crippen molar-refractivity contribution >= 4 is 45.9 Å². The van der Waals surface area contributed by atoms with Gasteiger partial charge < -0.3 is 0 Å². The van der Waals surface area contributed by atoms with Crippen LogP contribution in [0.15, 0.2) is 57.3 Å². The monoisotopic (exact) mass is 466 g/mol. The van der Waals surface area contributed by atoms with Crippen LogP contribution in [0.5, 0.6) is 0 Å². The number of para-hydroxylation sites is 1. The van der Waals surface area contributed by atoms with E-state index in [1.165, 1.54) is 16.7 Å². The largest absolute Gasteiger partial charge is 0.296 e. The van der Waals surface area contributed by atoms with Crippen LogP contribution in [-0.2, 0) is 11.8 Å². The van der Waals surface area contributed by atoms with E-state index in [2.05, 4.69) is 11.9 Å². The Balaban J connectivity index is 1.82. The number of unbranched alkanes of at least 4 members (excludes halogenated alkanes) is 1. The van der Waals surface area contributed by atoms with Crippen LogP contribution in [0, 0.1) is 13.8 Å². The molecule has 0 atom stereocenters. The van der Waals surface area contributed by atoms with Gasteiger partial charge in [-0.3, -0.25) is 14.3 Å². The minimum atomic E-state index is -0.261. The number of aryl methyl sites for hydroxylation is 1. The van der Waals surface area contributed by atoms with Crippen LogP contribution in [-0.4, -0.2) is 26.2 Å². The second-order valence-corrected chi connectivity index (χ2v) is 9.65. The third kappa shape index (κ3) is 4.00. The number of rotatable bonds is 6. The number of carbonyl (C=O) groups excluding carboxylic acids is 1. The summed E-state index contributed by atoms with van der Waals surface area (Å²) < 4.78 is 3.39. The van der Waals surface area contributed by atoms with E-state index in [1.54, 1.807) is 20.7 Å². The van der Waals surface area contributed by atoms with E-state index in [4.69, 9.17) is 0 Å². The van der Waals surface area contributed by atoms with Gasteiger partial charge in [0.1, 0.15) is 11.4 Å². The van der Waals surface area contributed by atoms with E-state index in [1.807, 2.05) is 68.7 Å². The molecule has 1 amide bonds. The number of anilines is 1. The predicted molar refractivity (Wildman–Crippen MR) is 135 cm³/mol. The van der Waals surface area contributed by atoms with Crippen LogP contribution in [0.3, 0.4) is 0 Å². The molecule has 1 aliphatic rings. The number of amidine groups is 1. The SMILES string of the molecule is CCCCSC1=NC(=Cc2sccc2C)C(=O)N1c1c(C)n(C)n(-c2ccccc2)c1=O. The lowest BCUT2D eigenvalue weighted by Crippen LogP contribution is -2.35. The van der Waals surface area contributed by atoms with Gasteiger partial charge in [0.2, 0.25) is 0 Å². The minimum absolute atomic E-state index is 0.234. The number of amides is 1. The Hall–Kier alpha value is -2.84. The fourth-order valence-corrected chi connectivity index (χ4v) is 5.50. The number of aromatic nitrogens is 2. The summed E-state index contributed by atoms with van der Waals surface area (Å²) in [6, 6.07) is 11.5. The summed E-state index contributed by atoms with van der Waals surface area (Å²) in [6.07, 6.45) is 3.89. The molecular formula is C24H26N4O2S2. The van der Waals surface area contributed by atoms with E-state index in [9.17, 15) is 9.59 Å². The van der Waals surface area contributed by atoms with Gasteiger partial charge in [-0.2, -0.15) is 0 Å². The molecule has 0 aliphatic carbocycles. The number of benzene rings is 1. The maximum Gasteiger partial charge on any atom is 0.296 e. The van der Waals surface area contributed by atoms with Gasteiger partial charge in [0, 0.05) is 17.7 Å². The minimum Gasteiger partial charge on any atom is -0.283 e. The molecule has 0 fully saturated rings. The average Bonchev–Trinajstić information content (AvgIpc) is 3.39. The van der Waals surface area contributed by atoms with Crippen molar-refractivity contribution in [3.8, 4) is 5.69 Å². The summed E-state index contributed by atoms with van der Waals surface area (Å²) in [6.45, 7) is 6.01. The Morgan fingerprint density at radius 1 is 1.12 bits per heavy atom. The van der Waals surface area contributed by atoms with E-state index in [0.717, 1.165) is 34.7 Å². The van der Waals surface area contributed by atoms with Crippen LogP contribution < -0.4 is 10.5 Å². The molecule has 0 spiro atoms. The zero-order chi connectivity index (χ0) is 22.8. The van der Waals surface area contributed by atoms with E-state index < -0.39 is 0 Å². The molecule has 32 heavy (non-hydrogen) atoms. The van der Waals surface area contributed by atoms with Crippen molar-refractivity contribution in [1.29, 1.82) is 0 Å². The highest BCUT2D eigenvalue weighted by molar-refractivity contribution is 8.14. The van der Waals surface area contributed by atoms with Gasteiger partial charge in [0.05, 0.1) is 11.4 Å². The molecule has 3 aromatic rings. The summed E-state index contributed by atoms with van der Waals surface area (Å²) >= 11 is 3.10. The first kappa shape index (κ1) is 22.4. The average molecular weight is 467 g/mol. The van der Waals surface area contributed by atoms with Gasteiger partial charge in [-0.05, 0) is 55.5 Å². The zero-order valence-corrected chi connectivity index (χ0v) is 20.3. The lowest BCUT2D eigenvalue weighted by molar-refractivity contribution is -0.113. The standard InChI is InChI=1S/C24H26N4O2S2/c1-5-6-13-32-24-25-19(15-20-16(2)12-14-31-20)22(29)27(24)21-17(3)26(4)28(23(21)30)18-10-8-7-9-11-18/h7-12,14-15H,5-6,13H2,1-4H3. The Kier molecular flexibility index (Phi) is 6.53. The van der Waals surface area contributed by atoms with Crippen LogP contribution >= 0.6 is 23.1 Å². The Morgan fingerprint density at radius 2 is 1.88 bits per heavy atom. The fraction of sp³-hybridized carbons (Fsp3) is 0.292. The zero-order valence-electron chi connectivity index (χ0n) is 18.7. The summed E-state index contributed by atoms with van der Waals surface area (Å²) in [5, 5.41) is 2.56. The van der Waals surface area contributed by atoms with Crippen LogP contribution in [0.4, 0.5) is 5.69 Å². The maximum absolute atomic E-state index is 13.6. The predicted octanol–water partition coefficient (Wildman–Crippen LogP) is 5.13. The van der Waals surface area contributed by atoms with Gasteiger partial charge in [-0.1, -0.05) is 43.3 Å². The molecule has 1 aromatic carbocycles. The van der Waals surface area contributed by atoms with Crippen LogP contribution in [0.2, 0.25) is 0 Å². The molecule has 2 aromatic heterocycles. The van der Waals surface area contributed by atoms with Crippen molar-refractivity contribution in [1.82, 2.24) is 9.36 Å². The quantitative estimate of drug-likeness (QED) is 0.374. The topological polar surface area (TPSA) is 59.6 Å². The number of hydrogen-bond donors (Lipinski definition) is 0. The molecule has 0 saturated heterocycles. The van der Waals surface area contributed by atoms with E-state index in [0.29, 0.717) is 22.2 Å². The van der Waals surface area contributed by atoms with Gasteiger partial charge in [0.15, 0.2) is 5.17 Å². The van der Waals surface area contributed by atoms with Crippen molar-refractivity contribution in [2.24, 2.45) is 12.0 Å². The third-order valence-electron chi connectivity index (χ3n) is 5.48. The number of aliphatic imine (C=N–C) groups is 1. The molecule has 166 valence electrons. The fourth-order valence-electron chi connectivity index (χ4n) is 3.57. The summed E-state index contributed by atoms with van der Waals surface area (Å²) in [5.41, 5.74) is 3.06. The lowest BCUT2D eigenvalue weighted by atomic mass is 10.2. The summed E-state index contributed by atoms with van der Waals surface area (Å²) in [7, 11) is 1.83.